The van der Waals surface area contributed by atoms with Gasteiger partial charge >= 0.3 is 0 Å². The molecule has 3 aromatic rings. The molecule has 2 aromatic heterocycles. The number of ether oxygens (including phenoxy) is 1. The first-order chi connectivity index (χ1) is 13.5. The van der Waals surface area contributed by atoms with Crippen molar-refractivity contribution in [2.45, 2.75) is 32.0 Å². The molecule has 0 spiro atoms. The lowest BCUT2D eigenvalue weighted by molar-refractivity contribution is 0.242. The summed E-state index contributed by atoms with van der Waals surface area (Å²) in [6.07, 6.45) is 1.97. The molecule has 0 amide bonds. The topological polar surface area (TPSA) is 37.4 Å². The van der Waals surface area contributed by atoms with Crippen molar-refractivity contribution in [2.75, 3.05) is 4.90 Å². The molecule has 4 rings (SSSR count). The average Bonchev–Trinajstić information content (AvgIpc) is 3.26. The highest BCUT2D eigenvalue weighted by molar-refractivity contribution is 9.11. The van der Waals surface area contributed by atoms with E-state index >= 15 is 0 Å². The van der Waals surface area contributed by atoms with E-state index < -0.39 is 0 Å². The predicted octanol–water partition coefficient (Wildman–Crippen LogP) is 5.87. The van der Waals surface area contributed by atoms with Crippen LogP contribution in [-0.4, -0.2) is 16.2 Å². The SMILES string of the molecule is CC(C)Oc1ccc(N2C(=S)N[C@@H](c3ccccn3)[C@@H]2c2ccc(Br)s2)cc1. The van der Waals surface area contributed by atoms with Gasteiger partial charge in [0, 0.05) is 16.8 Å². The number of hydrogen-bond donors (Lipinski definition) is 1. The van der Waals surface area contributed by atoms with Gasteiger partial charge in [0.1, 0.15) is 5.75 Å². The van der Waals surface area contributed by atoms with E-state index in [4.69, 9.17) is 17.0 Å². The molecule has 4 nitrogen and oxygen atoms in total. The van der Waals surface area contributed by atoms with E-state index in [9.17, 15) is 0 Å². The highest BCUT2D eigenvalue weighted by atomic mass is 79.9. The molecule has 3 heterocycles. The summed E-state index contributed by atoms with van der Waals surface area (Å²) in [6.45, 7) is 4.05. The first-order valence-electron chi connectivity index (χ1n) is 9.05. The molecule has 1 saturated heterocycles. The lowest BCUT2D eigenvalue weighted by Crippen LogP contribution is -2.29. The number of rotatable bonds is 5. The van der Waals surface area contributed by atoms with Crippen LogP contribution in [0.25, 0.3) is 0 Å². The summed E-state index contributed by atoms with van der Waals surface area (Å²) in [6, 6.07) is 18.3. The van der Waals surface area contributed by atoms with Gasteiger partial charge in [0.2, 0.25) is 0 Å². The summed E-state index contributed by atoms with van der Waals surface area (Å²) in [5.74, 6) is 0.855. The second-order valence-corrected chi connectivity index (χ2v) is 9.68. The van der Waals surface area contributed by atoms with E-state index in [-0.39, 0.29) is 18.2 Å². The molecule has 1 aliphatic rings. The fourth-order valence-electron chi connectivity index (χ4n) is 3.37. The third kappa shape index (κ3) is 3.92. The third-order valence-electron chi connectivity index (χ3n) is 4.47. The number of benzene rings is 1. The van der Waals surface area contributed by atoms with Crippen LogP contribution >= 0.6 is 39.5 Å². The first-order valence-corrected chi connectivity index (χ1v) is 11.1. The zero-order valence-corrected chi connectivity index (χ0v) is 18.7. The Labute approximate surface area is 182 Å². The zero-order valence-electron chi connectivity index (χ0n) is 15.5. The van der Waals surface area contributed by atoms with Crippen LogP contribution in [0.4, 0.5) is 5.69 Å². The highest BCUT2D eigenvalue weighted by Gasteiger charge is 2.41. The van der Waals surface area contributed by atoms with Gasteiger partial charge in [-0.1, -0.05) is 6.07 Å². The van der Waals surface area contributed by atoms with Gasteiger partial charge in [-0.05, 0) is 90.5 Å². The molecule has 7 heteroatoms. The minimum atomic E-state index is -0.0224. The number of halogens is 1. The van der Waals surface area contributed by atoms with Crippen LogP contribution < -0.4 is 15.0 Å². The molecule has 1 N–H and O–H groups in total. The van der Waals surface area contributed by atoms with Gasteiger partial charge < -0.3 is 15.0 Å². The van der Waals surface area contributed by atoms with Gasteiger partial charge in [-0.3, -0.25) is 4.98 Å². The molecular formula is C21H20BrN3OS2. The Morgan fingerprint density at radius 3 is 2.54 bits per heavy atom. The first kappa shape index (κ1) is 19.4. The van der Waals surface area contributed by atoms with E-state index in [0.717, 1.165) is 20.9 Å². The summed E-state index contributed by atoms with van der Waals surface area (Å²) in [7, 11) is 0. The van der Waals surface area contributed by atoms with Crippen molar-refractivity contribution in [2.24, 2.45) is 0 Å². The van der Waals surface area contributed by atoms with Crippen LogP contribution in [0.2, 0.25) is 0 Å². The van der Waals surface area contributed by atoms with Crippen molar-refractivity contribution in [3.8, 4) is 5.75 Å². The van der Waals surface area contributed by atoms with Crippen molar-refractivity contribution in [1.82, 2.24) is 10.3 Å². The molecule has 2 atom stereocenters. The quantitative estimate of drug-likeness (QED) is 0.468. The summed E-state index contributed by atoms with van der Waals surface area (Å²) in [5.41, 5.74) is 2.00. The summed E-state index contributed by atoms with van der Waals surface area (Å²) in [5, 5.41) is 4.18. The van der Waals surface area contributed by atoms with Crippen LogP contribution in [0.5, 0.6) is 5.75 Å². The maximum atomic E-state index is 5.78. The molecule has 144 valence electrons. The Morgan fingerprint density at radius 1 is 1.14 bits per heavy atom. The normalized spacial score (nSPS) is 19.1. The maximum absolute atomic E-state index is 5.78. The van der Waals surface area contributed by atoms with E-state index in [2.05, 4.69) is 55.4 Å². The number of anilines is 1. The number of hydrogen-bond acceptors (Lipinski definition) is 4. The molecule has 0 unspecified atom stereocenters. The van der Waals surface area contributed by atoms with Gasteiger partial charge in [0.05, 0.1) is 27.7 Å². The van der Waals surface area contributed by atoms with Gasteiger partial charge in [0.25, 0.3) is 0 Å². The lowest BCUT2D eigenvalue weighted by Gasteiger charge is -2.27. The monoisotopic (exact) mass is 473 g/mol. The van der Waals surface area contributed by atoms with Crippen molar-refractivity contribution in [3.63, 3.8) is 0 Å². The Hall–Kier alpha value is -1.96. The van der Waals surface area contributed by atoms with Gasteiger partial charge in [0.15, 0.2) is 5.11 Å². The van der Waals surface area contributed by atoms with Crippen LogP contribution in [-0.2, 0) is 0 Å². The fourth-order valence-corrected chi connectivity index (χ4v) is 5.27. The minimum absolute atomic E-state index is 0.0224. The van der Waals surface area contributed by atoms with Crippen LogP contribution in [0, 0.1) is 0 Å². The van der Waals surface area contributed by atoms with E-state index in [1.807, 2.05) is 50.4 Å². The zero-order chi connectivity index (χ0) is 19.7. The standard InChI is InChI=1S/C21H20BrN3OS2/c1-13(2)26-15-8-6-14(7-9-15)25-20(17-10-11-18(22)28-17)19(24-21(25)27)16-5-3-4-12-23-16/h3-13,19-20H,1-2H3,(H,24,27)/t19-,20-/m0/s1. The maximum Gasteiger partial charge on any atom is 0.174 e. The minimum Gasteiger partial charge on any atom is -0.491 e. The second kappa shape index (κ2) is 8.19. The van der Waals surface area contributed by atoms with E-state index in [1.165, 1.54) is 4.88 Å². The molecule has 1 fully saturated rings. The molecule has 1 aliphatic heterocycles. The molecule has 0 radical (unpaired) electrons. The fraction of sp³-hybridized carbons (Fsp3) is 0.238. The van der Waals surface area contributed by atoms with Gasteiger partial charge in [-0.2, -0.15) is 0 Å². The molecule has 28 heavy (non-hydrogen) atoms. The van der Waals surface area contributed by atoms with Crippen molar-refractivity contribution < 1.29 is 4.74 Å². The molecule has 1 aromatic carbocycles. The van der Waals surface area contributed by atoms with E-state index in [0.29, 0.717) is 5.11 Å². The number of thiocarbonyl (C=S) groups is 1. The van der Waals surface area contributed by atoms with Crippen molar-refractivity contribution >= 4 is 50.3 Å². The number of aromatic nitrogens is 1. The summed E-state index contributed by atoms with van der Waals surface area (Å²) < 4.78 is 6.88. The van der Waals surface area contributed by atoms with Crippen molar-refractivity contribution in [3.05, 3.63) is 75.2 Å². The number of pyridine rings is 1. The van der Waals surface area contributed by atoms with Gasteiger partial charge in [-0.25, -0.2) is 0 Å². The highest BCUT2D eigenvalue weighted by Crippen LogP contribution is 2.44. The lowest BCUT2D eigenvalue weighted by atomic mass is 10.0. The Morgan fingerprint density at radius 2 is 1.93 bits per heavy atom. The van der Waals surface area contributed by atoms with Gasteiger partial charge in [-0.15, -0.1) is 11.3 Å². The number of nitrogens with zero attached hydrogens (tertiary/aromatic N) is 2. The number of nitrogens with one attached hydrogen (secondary N) is 1. The largest absolute Gasteiger partial charge is 0.491 e. The van der Waals surface area contributed by atoms with Crippen LogP contribution in [0.15, 0.2) is 64.6 Å². The van der Waals surface area contributed by atoms with Crippen molar-refractivity contribution in [1.29, 1.82) is 0 Å². The smallest absolute Gasteiger partial charge is 0.174 e. The summed E-state index contributed by atoms with van der Waals surface area (Å²) in [4.78, 5) is 7.97. The molecule has 0 bridgehead atoms. The third-order valence-corrected chi connectivity index (χ3v) is 6.48. The summed E-state index contributed by atoms with van der Waals surface area (Å²) >= 11 is 11.0. The molecular weight excluding hydrogens is 454 g/mol. The average molecular weight is 474 g/mol. The Balaban J connectivity index is 1.73. The Kier molecular flexibility index (Phi) is 5.66. The molecule has 0 saturated carbocycles. The molecule has 0 aliphatic carbocycles. The second-order valence-electron chi connectivity index (χ2n) is 6.80. The number of thiophene rings is 1. The predicted molar refractivity (Wildman–Crippen MR) is 122 cm³/mol. The van der Waals surface area contributed by atoms with Crippen LogP contribution in [0.1, 0.15) is 36.5 Å². The van der Waals surface area contributed by atoms with E-state index in [1.54, 1.807) is 11.3 Å². The van der Waals surface area contributed by atoms with Crippen LogP contribution in [0.3, 0.4) is 0 Å². The Bertz CT molecular complexity index is 959.